The summed E-state index contributed by atoms with van der Waals surface area (Å²) in [7, 11) is 3.95. The van der Waals surface area contributed by atoms with Crippen LogP contribution in [0.25, 0.3) is 0 Å². The number of guanidine groups is 1. The molecule has 0 spiro atoms. The number of ether oxygens (including phenoxy) is 1. The Hall–Kier alpha value is 0.310. The molecule has 1 heterocycles. The molecule has 1 aliphatic rings. The van der Waals surface area contributed by atoms with E-state index < -0.39 is 0 Å². The highest BCUT2D eigenvalue weighted by Crippen LogP contribution is 2.13. The topological polar surface area (TPSA) is 36.9 Å². The molecule has 1 aliphatic heterocycles. The van der Waals surface area contributed by atoms with Crippen molar-refractivity contribution in [3.8, 4) is 0 Å². The quantitative estimate of drug-likeness (QED) is 0.327. The second-order valence-electron chi connectivity index (χ2n) is 4.43. The molecule has 0 radical (unpaired) electrons. The Kier molecular flexibility index (Phi) is 11.4. The number of rotatable bonds is 6. The molecule has 1 N–H and O–H groups in total. The minimum Gasteiger partial charge on any atom is -0.381 e. The summed E-state index contributed by atoms with van der Waals surface area (Å²) in [6.45, 7) is 3.84. The van der Waals surface area contributed by atoms with Gasteiger partial charge in [0.15, 0.2) is 5.96 Å². The van der Waals surface area contributed by atoms with Crippen LogP contribution in [-0.2, 0) is 4.74 Å². The van der Waals surface area contributed by atoms with Crippen LogP contribution in [-0.4, -0.2) is 63.3 Å². The first-order valence-corrected chi connectivity index (χ1v) is 7.65. The molecule has 4 nitrogen and oxygen atoms in total. The molecular weight excluding hydrogens is 361 g/mol. The van der Waals surface area contributed by atoms with Crippen LogP contribution in [0.4, 0.5) is 0 Å². The highest BCUT2D eigenvalue weighted by Gasteiger charge is 2.18. The minimum atomic E-state index is 0. The molecule has 0 aromatic carbocycles. The lowest BCUT2D eigenvalue weighted by molar-refractivity contribution is 0.181. The van der Waals surface area contributed by atoms with Gasteiger partial charge in [-0.15, -0.1) is 24.0 Å². The molecule has 0 bridgehead atoms. The number of thioether (sulfide) groups is 1. The van der Waals surface area contributed by atoms with Gasteiger partial charge in [-0.25, -0.2) is 0 Å². The third kappa shape index (κ3) is 7.04. The maximum absolute atomic E-state index is 5.39. The van der Waals surface area contributed by atoms with Crippen molar-refractivity contribution in [2.75, 3.05) is 52.4 Å². The van der Waals surface area contributed by atoms with Crippen molar-refractivity contribution in [1.82, 2.24) is 10.2 Å². The van der Waals surface area contributed by atoms with E-state index in [-0.39, 0.29) is 24.0 Å². The van der Waals surface area contributed by atoms with Gasteiger partial charge in [-0.05, 0) is 24.9 Å². The average Bonchev–Trinajstić information content (AvgIpc) is 2.82. The number of hydrogen-bond acceptors (Lipinski definition) is 3. The molecule has 6 heteroatoms. The van der Waals surface area contributed by atoms with Crippen LogP contribution < -0.4 is 5.32 Å². The molecule has 0 saturated carbocycles. The van der Waals surface area contributed by atoms with E-state index in [1.165, 1.54) is 18.6 Å². The molecule has 1 unspecified atom stereocenters. The lowest BCUT2D eigenvalue weighted by Gasteiger charge is -2.24. The third-order valence-corrected chi connectivity index (χ3v) is 3.63. The molecule has 1 atom stereocenters. The molecule has 1 fully saturated rings. The van der Waals surface area contributed by atoms with Gasteiger partial charge < -0.3 is 15.0 Å². The van der Waals surface area contributed by atoms with Gasteiger partial charge in [0.1, 0.15) is 0 Å². The van der Waals surface area contributed by atoms with E-state index in [2.05, 4.69) is 28.5 Å². The van der Waals surface area contributed by atoms with Gasteiger partial charge in [0, 0.05) is 39.7 Å². The number of nitrogens with one attached hydrogen (secondary N) is 1. The van der Waals surface area contributed by atoms with E-state index in [9.17, 15) is 0 Å². The van der Waals surface area contributed by atoms with Crippen molar-refractivity contribution in [2.45, 2.75) is 12.8 Å². The van der Waals surface area contributed by atoms with Gasteiger partial charge in [0.25, 0.3) is 0 Å². The number of aliphatic imine (C=N–C) groups is 1. The van der Waals surface area contributed by atoms with Crippen LogP contribution in [0.1, 0.15) is 12.8 Å². The summed E-state index contributed by atoms with van der Waals surface area (Å²) in [6.07, 6.45) is 4.50. The number of halogens is 1. The molecule has 0 amide bonds. The predicted octanol–water partition coefficient (Wildman–Crippen LogP) is 1.90. The second kappa shape index (κ2) is 11.2. The Morgan fingerprint density at radius 3 is 2.89 bits per heavy atom. The highest BCUT2D eigenvalue weighted by molar-refractivity contribution is 14.0. The Balaban J connectivity index is 0.00000289. The Labute approximate surface area is 132 Å². The smallest absolute Gasteiger partial charge is 0.193 e. The monoisotopic (exact) mass is 387 g/mol. The molecule has 0 aromatic heterocycles. The first-order chi connectivity index (χ1) is 8.27. The molecule has 1 saturated heterocycles. The average molecular weight is 387 g/mol. The van der Waals surface area contributed by atoms with Gasteiger partial charge in [0.2, 0.25) is 0 Å². The fraction of sp³-hybridized carbons (Fsp3) is 0.917. The Bertz CT molecular complexity index is 235. The third-order valence-electron chi connectivity index (χ3n) is 2.94. The fourth-order valence-corrected chi connectivity index (χ4v) is 2.44. The SMILES string of the molecule is CN=C(NCCCSC)N(C)CC1CCOC1.I. The second-order valence-corrected chi connectivity index (χ2v) is 5.42. The van der Waals surface area contributed by atoms with E-state index >= 15 is 0 Å². The van der Waals surface area contributed by atoms with Gasteiger partial charge >= 0.3 is 0 Å². The van der Waals surface area contributed by atoms with Crippen molar-refractivity contribution in [1.29, 1.82) is 0 Å². The number of nitrogens with zero attached hydrogens (tertiary/aromatic N) is 2. The van der Waals surface area contributed by atoms with Crippen molar-refractivity contribution in [3.05, 3.63) is 0 Å². The number of hydrogen-bond donors (Lipinski definition) is 1. The summed E-state index contributed by atoms with van der Waals surface area (Å²) >= 11 is 1.89. The van der Waals surface area contributed by atoms with Crippen molar-refractivity contribution in [3.63, 3.8) is 0 Å². The lowest BCUT2D eigenvalue weighted by atomic mass is 10.1. The van der Waals surface area contributed by atoms with E-state index in [1.807, 2.05) is 18.8 Å². The zero-order chi connectivity index (χ0) is 12.5. The summed E-state index contributed by atoms with van der Waals surface area (Å²) in [5, 5.41) is 3.40. The largest absolute Gasteiger partial charge is 0.381 e. The standard InChI is InChI=1S/C12H25N3OS.HI/c1-13-12(14-6-4-8-17-3)15(2)9-11-5-7-16-10-11;/h11H,4-10H2,1-3H3,(H,13,14);1H. The van der Waals surface area contributed by atoms with Crippen LogP contribution in [0, 0.1) is 5.92 Å². The van der Waals surface area contributed by atoms with Gasteiger partial charge in [-0.3, -0.25) is 4.99 Å². The van der Waals surface area contributed by atoms with E-state index in [1.54, 1.807) is 0 Å². The molecular formula is C12H26IN3OS. The Morgan fingerprint density at radius 1 is 1.56 bits per heavy atom. The van der Waals surface area contributed by atoms with Crippen molar-refractivity contribution < 1.29 is 4.74 Å². The van der Waals surface area contributed by atoms with Crippen LogP contribution in [0.3, 0.4) is 0 Å². The first kappa shape index (κ1) is 18.3. The zero-order valence-electron chi connectivity index (χ0n) is 11.6. The molecule has 18 heavy (non-hydrogen) atoms. The summed E-state index contributed by atoms with van der Waals surface area (Å²) in [5.41, 5.74) is 0. The van der Waals surface area contributed by atoms with Crippen LogP contribution in [0.2, 0.25) is 0 Å². The summed E-state index contributed by atoms with van der Waals surface area (Å²) < 4.78 is 5.39. The van der Waals surface area contributed by atoms with E-state index in [0.717, 1.165) is 32.3 Å². The normalized spacial score (nSPS) is 19.5. The van der Waals surface area contributed by atoms with Gasteiger partial charge in [-0.2, -0.15) is 11.8 Å². The van der Waals surface area contributed by atoms with Crippen molar-refractivity contribution in [2.24, 2.45) is 10.9 Å². The van der Waals surface area contributed by atoms with Gasteiger partial charge in [0.05, 0.1) is 6.61 Å². The van der Waals surface area contributed by atoms with Crippen LogP contribution >= 0.6 is 35.7 Å². The molecule has 1 rings (SSSR count). The molecule has 108 valence electrons. The fourth-order valence-electron chi connectivity index (χ4n) is 2.00. The maximum Gasteiger partial charge on any atom is 0.193 e. The zero-order valence-corrected chi connectivity index (χ0v) is 14.8. The molecule has 0 aliphatic carbocycles. The summed E-state index contributed by atoms with van der Waals surface area (Å²) in [5.74, 6) is 2.85. The van der Waals surface area contributed by atoms with Crippen LogP contribution in [0.5, 0.6) is 0 Å². The first-order valence-electron chi connectivity index (χ1n) is 6.26. The lowest BCUT2D eigenvalue weighted by Crippen LogP contribution is -2.41. The van der Waals surface area contributed by atoms with Gasteiger partial charge in [-0.1, -0.05) is 0 Å². The minimum absolute atomic E-state index is 0. The van der Waals surface area contributed by atoms with E-state index in [4.69, 9.17) is 4.74 Å². The summed E-state index contributed by atoms with van der Waals surface area (Å²) in [6, 6.07) is 0. The summed E-state index contributed by atoms with van der Waals surface area (Å²) in [4.78, 5) is 6.52. The van der Waals surface area contributed by atoms with Crippen LogP contribution in [0.15, 0.2) is 4.99 Å². The van der Waals surface area contributed by atoms with E-state index in [0.29, 0.717) is 5.92 Å². The predicted molar refractivity (Wildman–Crippen MR) is 91.3 cm³/mol. The maximum atomic E-state index is 5.39. The molecule has 0 aromatic rings. The highest BCUT2D eigenvalue weighted by atomic mass is 127. The van der Waals surface area contributed by atoms with Crippen molar-refractivity contribution >= 4 is 41.7 Å². The Morgan fingerprint density at radius 2 is 2.33 bits per heavy atom.